The average molecular weight is 276 g/mol. The van der Waals surface area contributed by atoms with Crippen molar-refractivity contribution in [2.45, 2.75) is 7.43 Å². The third kappa shape index (κ3) is 15.5. The Hall–Kier alpha value is -2.48. The van der Waals surface area contributed by atoms with Crippen molar-refractivity contribution in [1.29, 1.82) is 0 Å². The lowest BCUT2D eigenvalue weighted by Gasteiger charge is -1.85. The van der Waals surface area contributed by atoms with E-state index in [1.807, 2.05) is 0 Å². The number of hydrogen-bond donors (Lipinski definition) is 2. The molecular weight excluding hydrogens is 260 g/mol. The van der Waals surface area contributed by atoms with Crippen LogP contribution in [0.3, 0.4) is 0 Å². The van der Waals surface area contributed by atoms with E-state index in [-0.39, 0.29) is 7.43 Å². The van der Waals surface area contributed by atoms with Crippen molar-refractivity contribution in [3.63, 3.8) is 0 Å². The van der Waals surface area contributed by atoms with Crippen LogP contribution in [0, 0.1) is 0 Å². The second-order valence-electron chi connectivity index (χ2n) is 2.27. The number of aliphatic hydroxyl groups excluding tert-OH is 1. The highest BCUT2D eigenvalue weighted by atomic mass is 16.6. The van der Waals surface area contributed by atoms with Crippen LogP contribution in [0.2, 0.25) is 0 Å². The lowest BCUT2D eigenvalue weighted by Crippen LogP contribution is -1.96. The number of carboxylic acids is 1. The molecule has 0 aromatic heterocycles. The Morgan fingerprint density at radius 3 is 1.79 bits per heavy atom. The Kier molecular flexibility index (Phi) is 15.6. The number of rotatable bonds is 2. The average Bonchev–Trinajstić information content (AvgIpc) is 2.73. The molecular formula is C11H16O8. The number of ether oxygens (including phenoxy) is 2. The zero-order valence-electron chi connectivity index (χ0n) is 9.65. The molecule has 0 amide bonds. The van der Waals surface area contributed by atoms with Gasteiger partial charge in [0.1, 0.15) is 0 Å². The fourth-order valence-corrected chi connectivity index (χ4v) is 0.511. The molecule has 1 heterocycles. The molecule has 8 nitrogen and oxygen atoms in total. The monoisotopic (exact) mass is 276 g/mol. The number of hydrogen-bond acceptors (Lipinski definition) is 7. The van der Waals surface area contributed by atoms with Gasteiger partial charge in [0.15, 0.2) is 0 Å². The summed E-state index contributed by atoms with van der Waals surface area (Å²) in [6.07, 6.45) is 3.72. The first-order valence-electron chi connectivity index (χ1n) is 4.33. The van der Waals surface area contributed by atoms with Gasteiger partial charge in [-0.15, -0.1) is 0 Å². The van der Waals surface area contributed by atoms with Crippen molar-refractivity contribution in [3.8, 4) is 0 Å². The van der Waals surface area contributed by atoms with Gasteiger partial charge in [-0.3, -0.25) is 0 Å². The molecule has 0 saturated carbocycles. The van der Waals surface area contributed by atoms with Crippen molar-refractivity contribution in [3.05, 3.63) is 24.3 Å². The zero-order chi connectivity index (χ0) is 14.6. The third-order valence-corrected chi connectivity index (χ3v) is 1.12. The number of carboxylic acid groups (broad SMARTS) is 1. The van der Waals surface area contributed by atoms with Gasteiger partial charge in [-0.05, 0) is 0 Å². The predicted octanol–water partition coefficient (Wildman–Crippen LogP) is -0.329. The van der Waals surface area contributed by atoms with E-state index in [0.29, 0.717) is 6.08 Å². The van der Waals surface area contributed by atoms with Crippen LogP contribution < -0.4 is 0 Å². The van der Waals surface area contributed by atoms with Crippen LogP contribution in [0.4, 0.5) is 0 Å². The van der Waals surface area contributed by atoms with Crippen LogP contribution in [0.1, 0.15) is 7.43 Å². The molecule has 1 aliphatic heterocycles. The summed E-state index contributed by atoms with van der Waals surface area (Å²) in [7, 11) is 2.18. The highest BCUT2D eigenvalue weighted by Gasteiger charge is 2.10. The molecule has 1 aliphatic rings. The Morgan fingerprint density at radius 2 is 1.58 bits per heavy atom. The van der Waals surface area contributed by atoms with Crippen LogP contribution in [0.5, 0.6) is 0 Å². The SMILES string of the molecule is C.CO.COC(=O)/C=C/C(=O)O.O=C1C=CC(=O)O1. The number of aliphatic carboxylic acids is 1. The minimum atomic E-state index is -1.17. The number of esters is 3. The molecule has 0 bridgehead atoms. The Labute approximate surface area is 109 Å². The largest absolute Gasteiger partial charge is 0.478 e. The van der Waals surface area contributed by atoms with Gasteiger partial charge in [-0.2, -0.15) is 0 Å². The number of carbonyl (C=O) groups excluding carboxylic acids is 3. The molecule has 0 aromatic rings. The topological polar surface area (TPSA) is 127 Å². The maximum atomic E-state index is 10.1. The summed E-state index contributed by atoms with van der Waals surface area (Å²) >= 11 is 0. The molecule has 1 rings (SSSR count). The number of methoxy groups -OCH3 is 1. The van der Waals surface area contributed by atoms with Gasteiger partial charge < -0.3 is 19.7 Å². The minimum absolute atomic E-state index is 0. The first kappa shape index (κ1) is 21.8. The molecule has 0 fully saturated rings. The van der Waals surface area contributed by atoms with E-state index in [1.165, 1.54) is 7.11 Å². The summed E-state index contributed by atoms with van der Waals surface area (Å²) in [5.41, 5.74) is 0. The lowest BCUT2D eigenvalue weighted by atomic mass is 10.5. The predicted molar refractivity (Wildman–Crippen MR) is 63.9 cm³/mol. The van der Waals surface area contributed by atoms with E-state index < -0.39 is 23.9 Å². The summed E-state index contributed by atoms with van der Waals surface area (Å²) in [4.78, 5) is 39.7. The Morgan fingerprint density at radius 1 is 1.16 bits per heavy atom. The molecule has 0 spiro atoms. The molecule has 108 valence electrons. The van der Waals surface area contributed by atoms with Crippen molar-refractivity contribution in [2.24, 2.45) is 0 Å². The fourth-order valence-electron chi connectivity index (χ4n) is 0.511. The summed E-state index contributed by atoms with van der Waals surface area (Å²) in [5, 5.41) is 15.0. The third-order valence-electron chi connectivity index (χ3n) is 1.12. The zero-order valence-corrected chi connectivity index (χ0v) is 9.65. The van der Waals surface area contributed by atoms with E-state index in [4.69, 9.17) is 10.2 Å². The molecule has 0 unspecified atom stereocenters. The quantitative estimate of drug-likeness (QED) is 0.398. The Balaban J connectivity index is -0.000000231. The molecule has 0 aromatic carbocycles. The van der Waals surface area contributed by atoms with Crippen LogP contribution >= 0.6 is 0 Å². The van der Waals surface area contributed by atoms with Crippen LogP contribution in [-0.2, 0) is 28.7 Å². The highest BCUT2D eigenvalue weighted by Crippen LogP contribution is 1.92. The van der Waals surface area contributed by atoms with Crippen LogP contribution in [0.25, 0.3) is 0 Å². The first-order valence-corrected chi connectivity index (χ1v) is 4.33. The molecule has 0 radical (unpaired) electrons. The first-order chi connectivity index (χ1) is 8.45. The maximum Gasteiger partial charge on any atom is 0.338 e. The lowest BCUT2D eigenvalue weighted by molar-refractivity contribution is -0.150. The summed E-state index contributed by atoms with van der Waals surface area (Å²) in [6.45, 7) is 0. The highest BCUT2D eigenvalue weighted by molar-refractivity contribution is 6.04. The van der Waals surface area contributed by atoms with Gasteiger partial charge in [0, 0.05) is 31.4 Å². The second-order valence-corrected chi connectivity index (χ2v) is 2.27. The van der Waals surface area contributed by atoms with E-state index >= 15 is 0 Å². The number of carbonyl (C=O) groups is 4. The molecule has 0 saturated heterocycles. The Bertz CT molecular complexity index is 351. The molecule has 0 aliphatic carbocycles. The second kappa shape index (κ2) is 13.6. The van der Waals surface area contributed by atoms with Crippen LogP contribution in [-0.4, -0.2) is 48.3 Å². The fraction of sp³-hybridized carbons (Fsp3) is 0.273. The van der Waals surface area contributed by atoms with Crippen LogP contribution in [0.15, 0.2) is 24.3 Å². The van der Waals surface area contributed by atoms with Crippen molar-refractivity contribution >= 4 is 23.9 Å². The van der Waals surface area contributed by atoms with Gasteiger partial charge in [-0.1, -0.05) is 7.43 Å². The van der Waals surface area contributed by atoms with Crippen molar-refractivity contribution in [1.82, 2.24) is 0 Å². The normalized spacial score (nSPS) is 11.3. The van der Waals surface area contributed by atoms with Crippen molar-refractivity contribution in [2.75, 3.05) is 14.2 Å². The van der Waals surface area contributed by atoms with E-state index in [2.05, 4.69) is 9.47 Å². The van der Waals surface area contributed by atoms with Gasteiger partial charge in [0.25, 0.3) is 0 Å². The summed E-state index contributed by atoms with van der Waals surface area (Å²) in [5.74, 6) is -2.99. The number of aliphatic hydroxyl groups is 1. The molecule has 2 N–H and O–H groups in total. The molecule has 0 atom stereocenters. The van der Waals surface area contributed by atoms with E-state index in [0.717, 1.165) is 25.3 Å². The van der Waals surface area contributed by atoms with Crippen molar-refractivity contribution < 1.29 is 38.9 Å². The number of cyclic esters (lactones) is 2. The van der Waals surface area contributed by atoms with Gasteiger partial charge >= 0.3 is 23.9 Å². The summed E-state index contributed by atoms with van der Waals surface area (Å²) < 4.78 is 8.08. The molecule has 19 heavy (non-hydrogen) atoms. The van der Waals surface area contributed by atoms with E-state index in [9.17, 15) is 19.2 Å². The maximum absolute atomic E-state index is 10.1. The van der Waals surface area contributed by atoms with Gasteiger partial charge in [0.05, 0.1) is 7.11 Å². The molecule has 8 heteroatoms. The van der Waals surface area contributed by atoms with Gasteiger partial charge in [0.2, 0.25) is 0 Å². The van der Waals surface area contributed by atoms with E-state index in [1.54, 1.807) is 0 Å². The smallest absolute Gasteiger partial charge is 0.338 e. The minimum Gasteiger partial charge on any atom is -0.478 e. The standard InChI is InChI=1S/C5H6O4.C4H2O3.CH4O.CH4/c1-9-5(8)3-2-4(6)7;5-3-1-2-4(6)7-3;1-2;/h2-3H,1H3,(H,6,7);1-2H;2H,1H3;1H4/b3-2+;;;. The summed E-state index contributed by atoms with van der Waals surface area (Å²) in [6, 6.07) is 0. The van der Waals surface area contributed by atoms with Gasteiger partial charge in [-0.25, -0.2) is 19.2 Å².